The normalized spacial score (nSPS) is 13.3. The quantitative estimate of drug-likeness (QED) is 0.150. The highest BCUT2D eigenvalue weighted by atomic mass is 127. The Morgan fingerprint density at radius 3 is 2.42 bits per heavy atom. The molecule has 4 aromatic rings. The molecular weight excluding hydrogens is 564 g/mol. The first-order chi connectivity index (χ1) is 13.8. The average molecular weight is 589 g/mol. The van der Waals surface area contributed by atoms with Gasteiger partial charge < -0.3 is 11.1 Å². The van der Waals surface area contributed by atoms with E-state index >= 15 is 0 Å². The molecule has 0 aliphatic heterocycles. The van der Waals surface area contributed by atoms with Crippen LogP contribution in [0.15, 0.2) is 72.9 Å². The molecule has 4 rings (SSSR count). The lowest BCUT2D eigenvalue weighted by Crippen LogP contribution is -2.58. The number of pyridine rings is 1. The van der Waals surface area contributed by atoms with E-state index in [4.69, 9.17) is 17.3 Å². The number of rotatable bonds is 5. The summed E-state index contributed by atoms with van der Waals surface area (Å²) in [4.78, 5) is 4.46. The maximum atomic E-state index is 6.94. The monoisotopic (exact) mass is 587 g/mol. The molecular formula is C24H25Cl3IN3. The van der Waals surface area contributed by atoms with Gasteiger partial charge in [-0.15, -0.1) is 24.8 Å². The zero-order valence-electron chi connectivity index (χ0n) is 17.2. The molecule has 3 N–H and O–H groups in total. The summed E-state index contributed by atoms with van der Waals surface area (Å²) in [6.07, 6.45) is 1.80. The third-order valence-electron chi connectivity index (χ3n) is 5.55. The van der Waals surface area contributed by atoms with Crippen molar-refractivity contribution in [3.05, 3.63) is 89.1 Å². The van der Waals surface area contributed by atoms with Crippen LogP contribution < -0.4 is 11.1 Å². The highest BCUT2D eigenvalue weighted by Gasteiger charge is 2.41. The lowest BCUT2D eigenvalue weighted by molar-refractivity contribution is 0.308. The summed E-state index contributed by atoms with van der Waals surface area (Å²) in [7, 11) is 0. The second-order valence-corrected chi connectivity index (χ2v) is 10.0. The molecule has 1 unspecified atom stereocenters. The van der Waals surface area contributed by atoms with Crippen molar-refractivity contribution in [1.82, 2.24) is 10.3 Å². The molecule has 164 valence electrons. The summed E-state index contributed by atoms with van der Waals surface area (Å²) >= 11 is 8.50. The Kier molecular flexibility index (Phi) is 8.59. The van der Waals surface area contributed by atoms with Gasteiger partial charge in [-0.3, -0.25) is 4.98 Å². The fourth-order valence-electron chi connectivity index (χ4n) is 3.58. The van der Waals surface area contributed by atoms with Crippen LogP contribution in [0.25, 0.3) is 21.7 Å². The van der Waals surface area contributed by atoms with Crippen molar-refractivity contribution < 1.29 is 0 Å². The SMILES string of the molecule is CC(C)(NCc1ccc2ccccc2c1)C(N)(I)c1ccnc2cc(Cl)ccc12.Cl.Cl. The molecule has 1 atom stereocenters. The summed E-state index contributed by atoms with van der Waals surface area (Å²) in [5.74, 6) is 0. The lowest BCUT2D eigenvalue weighted by Gasteiger charge is -2.41. The van der Waals surface area contributed by atoms with E-state index in [1.807, 2.05) is 24.3 Å². The standard InChI is InChI=1S/C24H23ClIN3.2ClH/c1-23(2,29-15-16-7-8-17-5-3-4-6-18(17)13-16)24(26,27)21-11-12-28-22-14-19(25)9-10-20(21)22;;/h3-14,29H,15,27H2,1-2H3;2*1H. The van der Waals surface area contributed by atoms with E-state index in [2.05, 4.69) is 89.2 Å². The Labute approximate surface area is 214 Å². The zero-order valence-corrected chi connectivity index (χ0v) is 21.8. The Hall–Kier alpha value is -1.15. The van der Waals surface area contributed by atoms with Crippen molar-refractivity contribution in [2.75, 3.05) is 0 Å². The minimum atomic E-state index is -0.656. The van der Waals surface area contributed by atoms with Crippen LogP contribution in [0, 0.1) is 0 Å². The molecule has 31 heavy (non-hydrogen) atoms. The molecule has 0 amide bonds. The van der Waals surface area contributed by atoms with Crippen LogP contribution in [0.5, 0.6) is 0 Å². The van der Waals surface area contributed by atoms with E-state index in [9.17, 15) is 0 Å². The van der Waals surface area contributed by atoms with E-state index in [-0.39, 0.29) is 30.4 Å². The van der Waals surface area contributed by atoms with Gasteiger partial charge in [0.2, 0.25) is 0 Å². The van der Waals surface area contributed by atoms with E-state index in [1.165, 1.54) is 16.3 Å². The van der Waals surface area contributed by atoms with Gasteiger partial charge in [-0.05, 0) is 60.0 Å². The van der Waals surface area contributed by atoms with Crippen molar-refractivity contribution in [3.8, 4) is 0 Å². The Morgan fingerprint density at radius 2 is 1.68 bits per heavy atom. The number of hydrogen-bond donors (Lipinski definition) is 2. The van der Waals surface area contributed by atoms with E-state index < -0.39 is 3.55 Å². The number of halogens is 4. The first-order valence-corrected chi connectivity index (χ1v) is 11.0. The molecule has 1 heterocycles. The summed E-state index contributed by atoms with van der Waals surface area (Å²) in [5, 5.41) is 7.87. The molecule has 0 radical (unpaired) electrons. The van der Waals surface area contributed by atoms with E-state index in [0.717, 1.165) is 23.0 Å². The second kappa shape index (κ2) is 10.2. The molecule has 0 fully saturated rings. The number of alkyl halides is 1. The lowest BCUT2D eigenvalue weighted by atomic mass is 9.87. The number of hydrogen-bond acceptors (Lipinski definition) is 3. The summed E-state index contributed by atoms with van der Waals surface area (Å²) in [6.45, 7) is 5.01. The summed E-state index contributed by atoms with van der Waals surface area (Å²) in [5.41, 5.74) is 9.68. The van der Waals surface area contributed by atoms with Crippen LogP contribution in [-0.4, -0.2) is 10.5 Å². The van der Waals surface area contributed by atoms with Gasteiger partial charge in [0, 0.05) is 28.7 Å². The smallest absolute Gasteiger partial charge is 0.112 e. The number of nitrogens with two attached hydrogens (primary N) is 1. The highest BCUT2D eigenvalue weighted by molar-refractivity contribution is 14.1. The minimum Gasteiger partial charge on any atom is -0.312 e. The predicted octanol–water partition coefficient (Wildman–Crippen LogP) is 7.00. The first-order valence-electron chi connectivity index (χ1n) is 9.53. The number of aromatic nitrogens is 1. The topological polar surface area (TPSA) is 50.9 Å². The van der Waals surface area contributed by atoms with Crippen LogP contribution in [0.3, 0.4) is 0 Å². The van der Waals surface area contributed by atoms with Crippen molar-refractivity contribution in [2.45, 2.75) is 29.5 Å². The van der Waals surface area contributed by atoms with Gasteiger partial charge in [0.05, 0.1) is 5.52 Å². The van der Waals surface area contributed by atoms with Crippen LogP contribution in [0.4, 0.5) is 0 Å². The molecule has 7 heteroatoms. The molecule has 0 saturated heterocycles. The molecule has 3 aromatic carbocycles. The van der Waals surface area contributed by atoms with Crippen molar-refractivity contribution in [1.29, 1.82) is 0 Å². The van der Waals surface area contributed by atoms with Crippen molar-refractivity contribution >= 4 is 80.7 Å². The van der Waals surface area contributed by atoms with Crippen LogP contribution >= 0.6 is 59.0 Å². The number of fused-ring (bicyclic) bond motifs is 2. The average Bonchev–Trinajstić information content (AvgIpc) is 2.71. The number of nitrogens with zero attached hydrogens (tertiary/aromatic N) is 1. The molecule has 0 saturated carbocycles. The zero-order chi connectivity index (χ0) is 20.6. The highest BCUT2D eigenvalue weighted by Crippen LogP contribution is 2.40. The minimum absolute atomic E-state index is 0. The van der Waals surface area contributed by atoms with Crippen LogP contribution in [-0.2, 0) is 10.1 Å². The summed E-state index contributed by atoms with van der Waals surface area (Å²) in [6, 6.07) is 22.7. The van der Waals surface area contributed by atoms with Crippen molar-refractivity contribution in [2.24, 2.45) is 5.73 Å². The third kappa shape index (κ3) is 5.27. The predicted molar refractivity (Wildman–Crippen MR) is 146 cm³/mol. The van der Waals surface area contributed by atoms with Gasteiger partial charge >= 0.3 is 0 Å². The van der Waals surface area contributed by atoms with Gasteiger partial charge in [-0.1, -0.05) is 76.7 Å². The molecule has 0 spiro atoms. The van der Waals surface area contributed by atoms with Gasteiger partial charge in [-0.25, -0.2) is 0 Å². The largest absolute Gasteiger partial charge is 0.312 e. The molecule has 0 aliphatic carbocycles. The molecule has 3 nitrogen and oxygen atoms in total. The molecule has 1 aromatic heterocycles. The van der Waals surface area contributed by atoms with Gasteiger partial charge in [0.1, 0.15) is 3.55 Å². The van der Waals surface area contributed by atoms with E-state index in [0.29, 0.717) is 5.02 Å². The third-order valence-corrected chi connectivity index (χ3v) is 7.72. The van der Waals surface area contributed by atoms with Crippen LogP contribution in [0.2, 0.25) is 5.02 Å². The fourth-order valence-corrected chi connectivity index (χ4v) is 4.40. The Morgan fingerprint density at radius 1 is 0.968 bits per heavy atom. The summed E-state index contributed by atoms with van der Waals surface area (Å²) < 4.78 is -0.656. The fraction of sp³-hybridized carbons (Fsp3) is 0.208. The van der Waals surface area contributed by atoms with Gasteiger partial charge in [0.15, 0.2) is 0 Å². The van der Waals surface area contributed by atoms with Crippen LogP contribution in [0.1, 0.15) is 25.0 Å². The number of benzene rings is 3. The van der Waals surface area contributed by atoms with Gasteiger partial charge in [0.25, 0.3) is 0 Å². The molecule has 0 bridgehead atoms. The Bertz CT molecular complexity index is 1190. The van der Waals surface area contributed by atoms with Gasteiger partial charge in [-0.2, -0.15) is 0 Å². The second-order valence-electron chi connectivity index (χ2n) is 7.89. The number of nitrogens with one attached hydrogen (secondary N) is 1. The first kappa shape index (κ1) is 26.1. The molecule has 0 aliphatic rings. The maximum absolute atomic E-state index is 6.94. The Balaban J connectivity index is 0.00000171. The maximum Gasteiger partial charge on any atom is 0.112 e. The van der Waals surface area contributed by atoms with Crippen molar-refractivity contribution in [3.63, 3.8) is 0 Å². The van der Waals surface area contributed by atoms with E-state index in [1.54, 1.807) is 6.20 Å².